The molecule has 0 aliphatic heterocycles. The van der Waals surface area contributed by atoms with Crippen molar-refractivity contribution in [2.24, 2.45) is 0 Å². The number of aliphatic hydroxyl groups excluding tert-OH is 1. The molecule has 1 N–H and O–H groups in total. The summed E-state index contributed by atoms with van der Waals surface area (Å²) in [6.45, 7) is 0.724. The van der Waals surface area contributed by atoms with Crippen molar-refractivity contribution < 1.29 is 9.84 Å². The normalized spacial score (nSPS) is 22.4. The fourth-order valence-electron chi connectivity index (χ4n) is 2.71. The van der Waals surface area contributed by atoms with Gasteiger partial charge in [-0.05, 0) is 60.9 Å². The zero-order valence-electron chi connectivity index (χ0n) is 9.98. The summed E-state index contributed by atoms with van der Waals surface area (Å²) in [5, 5.41) is 9.59. The van der Waals surface area contributed by atoms with Crippen LogP contribution in [-0.2, 0) is 12.8 Å². The zero-order chi connectivity index (χ0) is 11.7. The van der Waals surface area contributed by atoms with E-state index in [1.165, 1.54) is 36.0 Å². The Morgan fingerprint density at radius 2 is 2.12 bits per heavy atom. The first-order valence-corrected chi connectivity index (χ1v) is 6.42. The molecule has 17 heavy (non-hydrogen) atoms. The van der Waals surface area contributed by atoms with Crippen LogP contribution in [0.15, 0.2) is 29.8 Å². The quantitative estimate of drug-likeness (QED) is 0.809. The van der Waals surface area contributed by atoms with E-state index in [4.69, 9.17) is 4.74 Å². The Morgan fingerprint density at radius 3 is 2.94 bits per heavy atom. The highest BCUT2D eigenvalue weighted by Gasteiger charge is 2.19. The lowest BCUT2D eigenvalue weighted by Gasteiger charge is -2.08. The lowest BCUT2D eigenvalue weighted by atomic mass is 10.1. The highest BCUT2D eigenvalue weighted by molar-refractivity contribution is 5.39. The summed E-state index contributed by atoms with van der Waals surface area (Å²) in [5.74, 6) is 0.936. The molecule has 2 heteroatoms. The van der Waals surface area contributed by atoms with Crippen molar-refractivity contribution in [1.82, 2.24) is 0 Å². The van der Waals surface area contributed by atoms with Crippen LogP contribution in [0.1, 0.15) is 30.4 Å². The van der Waals surface area contributed by atoms with Gasteiger partial charge in [0.2, 0.25) is 0 Å². The summed E-state index contributed by atoms with van der Waals surface area (Å²) in [6.07, 6.45) is 7.32. The topological polar surface area (TPSA) is 29.5 Å². The number of ether oxygens (including phenoxy) is 1. The van der Waals surface area contributed by atoms with Gasteiger partial charge in [-0.2, -0.15) is 0 Å². The molecule has 2 nitrogen and oxygen atoms in total. The van der Waals surface area contributed by atoms with E-state index in [1.807, 2.05) is 6.07 Å². The molecule has 0 heterocycles. The van der Waals surface area contributed by atoms with Gasteiger partial charge in [-0.25, -0.2) is 0 Å². The standard InChI is InChI=1S/C15H18O2/c16-14-7-12-5-6-15(9-13(12)8-14)17-10-11-3-1-2-4-11/h3,5-6,9,14,16H,1-2,4,7-8,10H2. The van der Waals surface area contributed by atoms with Crippen molar-refractivity contribution in [3.63, 3.8) is 0 Å². The number of aliphatic hydroxyl groups is 1. The first-order valence-electron chi connectivity index (χ1n) is 6.42. The van der Waals surface area contributed by atoms with Gasteiger partial charge in [0.1, 0.15) is 12.4 Å². The van der Waals surface area contributed by atoms with Gasteiger partial charge < -0.3 is 9.84 Å². The Bertz CT molecular complexity index is 448. The average molecular weight is 230 g/mol. The van der Waals surface area contributed by atoms with Gasteiger partial charge in [-0.1, -0.05) is 12.1 Å². The van der Waals surface area contributed by atoms with Gasteiger partial charge in [0.15, 0.2) is 0 Å². The molecular formula is C15H18O2. The fourth-order valence-corrected chi connectivity index (χ4v) is 2.71. The maximum atomic E-state index is 9.59. The van der Waals surface area contributed by atoms with Crippen LogP contribution in [0.25, 0.3) is 0 Å². The Hall–Kier alpha value is -1.28. The maximum Gasteiger partial charge on any atom is 0.120 e. The fraction of sp³-hybridized carbons (Fsp3) is 0.467. The van der Waals surface area contributed by atoms with E-state index in [0.29, 0.717) is 0 Å². The predicted molar refractivity (Wildman–Crippen MR) is 67.3 cm³/mol. The highest BCUT2D eigenvalue weighted by atomic mass is 16.5. The lowest BCUT2D eigenvalue weighted by Crippen LogP contribution is -2.03. The van der Waals surface area contributed by atoms with E-state index >= 15 is 0 Å². The molecule has 0 radical (unpaired) electrons. The summed E-state index contributed by atoms with van der Waals surface area (Å²) in [5.41, 5.74) is 3.94. The second-order valence-corrected chi connectivity index (χ2v) is 5.04. The van der Waals surface area contributed by atoms with Gasteiger partial charge in [0.25, 0.3) is 0 Å². The minimum atomic E-state index is -0.196. The van der Waals surface area contributed by atoms with Crippen LogP contribution in [0.5, 0.6) is 5.75 Å². The Balaban J connectivity index is 1.66. The van der Waals surface area contributed by atoms with Crippen LogP contribution in [0.3, 0.4) is 0 Å². The van der Waals surface area contributed by atoms with Crippen molar-refractivity contribution in [2.75, 3.05) is 6.61 Å². The van der Waals surface area contributed by atoms with E-state index in [0.717, 1.165) is 25.2 Å². The Labute approximate surface area is 102 Å². The maximum absolute atomic E-state index is 9.59. The largest absolute Gasteiger partial charge is 0.489 e. The smallest absolute Gasteiger partial charge is 0.120 e. The van der Waals surface area contributed by atoms with Crippen LogP contribution in [0, 0.1) is 0 Å². The molecule has 0 bridgehead atoms. The molecule has 0 saturated carbocycles. The SMILES string of the molecule is OC1Cc2ccc(OCC3=CCCC3)cc2C1. The first kappa shape index (κ1) is 10.8. The van der Waals surface area contributed by atoms with Crippen molar-refractivity contribution in [2.45, 2.75) is 38.2 Å². The molecule has 0 aromatic heterocycles. The van der Waals surface area contributed by atoms with E-state index in [2.05, 4.69) is 18.2 Å². The average Bonchev–Trinajstić information content (AvgIpc) is 2.92. The summed E-state index contributed by atoms with van der Waals surface area (Å²) in [7, 11) is 0. The second kappa shape index (κ2) is 4.53. The van der Waals surface area contributed by atoms with Crippen LogP contribution in [-0.4, -0.2) is 17.8 Å². The van der Waals surface area contributed by atoms with Crippen molar-refractivity contribution in [3.8, 4) is 5.75 Å². The summed E-state index contributed by atoms with van der Waals surface area (Å²) < 4.78 is 5.80. The molecular weight excluding hydrogens is 212 g/mol. The number of allylic oxidation sites excluding steroid dienone is 1. The molecule has 2 aliphatic carbocycles. The molecule has 0 fully saturated rings. The van der Waals surface area contributed by atoms with Crippen LogP contribution in [0.2, 0.25) is 0 Å². The van der Waals surface area contributed by atoms with Crippen molar-refractivity contribution >= 4 is 0 Å². The van der Waals surface area contributed by atoms with E-state index in [1.54, 1.807) is 0 Å². The first-order chi connectivity index (χ1) is 8.31. The van der Waals surface area contributed by atoms with E-state index in [-0.39, 0.29) is 6.10 Å². The molecule has 90 valence electrons. The summed E-state index contributed by atoms with van der Waals surface area (Å²) in [4.78, 5) is 0. The number of rotatable bonds is 3. The Kier molecular flexibility index (Phi) is 2.89. The highest BCUT2D eigenvalue weighted by Crippen LogP contribution is 2.27. The monoisotopic (exact) mass is 230 g/mol. The van der Waals surface area contributed by atoms with Crippen molar-refractivity contribution in [1.29, 1.82) is 0 Å². The predicted octanol–water partition coefficient (Wildman–Crippen LogP) is 2.64. The van der Waals surface area contributed by atoms with Crippen molar-refractivity contribution in [3.05, 3.63) is 41.0 Å². The molecule has 1 atom stereocenters. The Morgan fingerprint density at radius 1 is 1.24 bits per heavy atom. The molecule has 0 amide bonds. The molecule has 1 aromatic rings. The number of fused-ring (bicyclic) bond motifs is 1. The van der Waals surface area contributed by atoms with Gasteiger partial charge in [-0.15, -0.1) is 0 Å². The molecule has 0 spiro atoms. The molecule has 1 aromatic carbocycles. The van der Waals surface area contributed by atoms with E-state index in [9.17, 15) is 5.11 Å². The number of hydrogen-bond donors (Lipinski definition) is 1. The van der Waals surface area contributed by atoms with Gasteiger partial charge in [0, 0.05) is 0 Å². The van der Waals surface area contributed by atoms with Gasteiger partial charge in [0.05, 0.1) is 6.10 Å². The summed E-state index contributed by atoms with van der Waals surface area (Å²) in [6, 6.07) is 6.19. The molecule has 1 unspecified atom stereocenters. The minimum Gasteiger partial charge on any atom is -0.489 e. The number of hydrogen-bond acceptors (Lipinski definition) is 2. The molecule has 2 aliphatic rings. The van der Waals surface area contributed by atoms with E-state index < -0.39 is 0 Å². The molecule has 3 rings (SSSR count). The number of benzene rings is 1. The molecule has 0 saturated heterocycles. The minimum absolute atomic E-state index is 0.196. The zero-order valence-corrected chi connectivity index (χ0v) is 9.98. The third-order valence-electron chi connectivity index (χ3n) is 3.65. The lowest BCUT2D eigenvalue weighted by molar-refractivity contribution is 0.187. The van der Waals surface area contributed by atoms with Gasteiger partial charge in [-0.3, -0.25) is 0 Å². The van der Waals surface area contributed by atoms with Gasteiger partial charge >= 0.3 is 0 Å². The van der Waals surface area contributed by atoms with Crippen LogP contribution in [0.4, 0.5) is 0 Å². The second-order valence-electron chi connectivity index (χ2n) is 5.04. The van der Waals surface area contributed by atoms with Crippen LogP contribution < -0.4 is 4.74 Å². The third kappa shape index (κ3) is 2.37. The van der Waals surface area contributed by atoms with Crippen LogP contribution >= 0.6 is 0 Å². The third-order valence-corrected chi connectivity index (χ3v) is 3.65. The summed E-state index contributed by atoms with van der Waals surface area (Å²) >= 11 is 0.